The highest BCUT2D eigenvalue weighted by Crippen LogP contribution is 2.40. The van der Waals surface area contributed by atoms with Crippen molar-refractivity contribution in [3.8, 4) is 0 Å². The van der Waals surface area contributed by atoms with E-state index < -0.39 is 0 Å². The van der Waals surface area contributed by atoms with E-state index >= 15 is 0 Å². The third kappa shape index (κ3) is 1.50. The Kier molecular flexibility index (Phi) is 2.29. The van der Waals surface area contributed by atoms with E-state index in [0.717, 1.165) is 0 Å². The smallest absolute Gasteiger partial charge is 0.239 e. The fourth-order valence-corrected chi connectivity index (χ4v) is 2.69. The van der Waals surface area contributed by atoms with E-state index in [9.17, 15) is 9.59 Å². The van der Waals surface area contributed by atoms with Crippen molar-refractivity contribution < 1.29 is 9.59 Å². The molecule has 3 rings (SSSR count). The SMILES string of the molecule is O=C1[C@H]2CC(Cl)=CC[C@H]2C(=O)N1c1ccn[nH]1. The number of carbonyl (C=O) groups excluding carboxylic acids is 2. The van der Waals surface area contributed by atoms with Crippen molar-refractivity contribution >= 4 is 29.2 Å². The Balaban J connectivity index is 1.96. The quantitative estimate of drug-likeness (QED) is 0.768. The molecule has 6 heteroatoms. The number of fused-ring (bicyclic) bond motifs is 1. The molecule has 2 atom stereocenters. The van der Waals surface area contributed by atoms with Gasteiger partial charge in [0.05, 0.1) is 18.0 Å². The van der Waals surface area contributed by atoms with E-state index in [-0.39, 0.29) is 23.7 Å². The fraction of sp³-hybridized carbons (Fsp3) is 0.364. The van der Waals surface area contributed by atoms with Crippen molar-refractivity contribution in [1.82, 2.24) is 10.2 Å². The van der Waals surface area contributed by atoms with Gasteiger partial charge in [0.2, 0.25) is 11.8 Å². The number of H-pyrrole nitrogens is 1. The van der Waals surface area contributed by atoms with Gasteiger partial charge >= 0.3 is 0 Å². The average Bonchev–Trinajstić information content (AvgIpc) is 2.88. The number of rotatable bonds is 1. The molecule has 1 aliphatic carbocycles. The molecule has 0 aromatic carbocycles. The number of carbonyl (C=O) groups is 2. The van der Waals surface area contributed by atoms with Crippen molar-refractivity contribution in [3.05, 3.63) is 23.4 Å². The number of hydrogen-bond acceptors (Lipinski definition) is 3. The van der Waals surface area contributed by atoms with Crippen LogP contribution in [0.5, 0.6) is 0 Å². The molecule has 5 nitrogen and oxygen atoms in total. The van der Waals surface area contributed by atoms with Gasteiger partial charge in [-0.25, -0.2) is 4.90 Å². The van der Waals surface area contributed by atoms with Crippen LogP contribution in [-0.4, -0.2) is 22.0 Å². The van der Waals surface area contributed by atoms with Gasteiger partial charge in [-0.15, -0.1) is 0 Å². The molecule has 0 radical (unpaired) electrons. The van der Waals surface area contributed by atoms with Gasteiger partial charge in [-0.05, 0) is 12.8 Å². The Morgan fingerprint density at radius 1 is 1.35 bits per heavy atom. The third-order valence-corrected chi connectivity index (χ3v) is 3.60. The molecule has 2 heterocycles. The largest absolute Gasteiger partial charge is 0.274 e. The lowest BCUT2D eigenvalue weighted by atomic mass is 9.85. The van der Waals surface area contributed by atoms with Gasteiger partial charge in [0.15, 0.2) is 0 Å². The van der Waals surface area contributed by atoms with Crippen molar-refractivity contribution in [2.24, 2.45) is 11.8 Å². The van der Waals surface area contributed by atoms with Crippen LogP contribution in [0.2, 0.25) is 0 Å². The van der Waals surface area contributed by atoms with Crippen LogP contribution < -0.4 is 4.90 Å². The van der Waals surface area contributed by atoms with E-state index in [1.165, 1.54) is 11.1 Å². The maximum atomic E-state index is 12.2. The first-order valence-electron chi connectivity index (χ1n) is 5.40. The maximum Gasteiger partial charge on any atom is 0.239 e. The summed E-state index contributed by atoms with van der Waals surface area (Å²) in [6, 6.07) is 1.61. The minimum Gasteiger partial charge on any atom is -0.274 e. The normalized spacial score (nSPS) is 28.3. The van der Waals surface area contributed by atoms with Gasteiger partial charge in [-0.1, -0.05) is 17.7 Å². The lowest BCUT2D eigenvalue weighted by Crippen LogP contribution is -2.31. The summed E-state index contributed by atoms with van der Waals surface area (Å²) in [6.07, 6.45) is 4.34. The molecule has 17 heavy (non-hydrogen) atoms. The van der Waals surface area contributed by atoms with Gasteiger partial charge in [-0.2, -0.15) is 5.10 Å². The first-order chi connectivity index (χ1) is 8.18. The number of nitrogens with one attached hydrogen (secondary N) is 1. The first kappa shape index (κ1) is 10.5. The van der Waals surface area contributed by atoms with Crippen LogP contribution in [-0.2, 0) is 9.59 Å². The van der Waals surface area contributed by atoms with Crippen LogP contribution in [0.4, 0.5) is 5.82 Å². The van der Waals surface area contributed by atoms with Crippen LogP contribution in [0.15, 0.2) is 23.4 Å². The molecule has 1 N–H and O–H groups in total. The zero-order valence-electron chi connectivity index (χ0n) is 8.89. The Morgan fingerprint density at radius 3 is 2.82 bits per heavy atom. The molecule has 1 saturated heterocycles. The molecular weight excluding hydrogens is 242 g/mol. The second-order valence-electron chi connectivity index (χ2n) is 4.26. The molecular formula is C11H10ClN3O2. The average molecular weight is 252 g/mol. The summed E-state index contributed by atoms with van der Waals surface area (Å²) < 4.78 is 0. The topological polar surface area (TPSA) is 66.1 Å². The number of halogens is 1. The van der Waals surface area contributed by atoms with Gasteiger partial charge in [0.1, 0.15) is 5.82 Å². The van der Waals surface area contributed by atoms with Crippen molar-refractivity contribution in [2.45, 2.75) is 12.8 Å². The highest BCUT2D eigenvalue weighted by molar-refractivity contribution is 6.30. The molecule has 1 aromatic rings. The lowest BCUT2D eigenvalue weighted by Gasteiger charge is -2.17. The molecule has 0 saturated carbocycles. The van der Waals surface area contributed by atoms with Crippen molar-refractivity contribution in [1.29, 1.82) is 0 Å². The van der Waals surface area contributed by atoms with Crippen LogP contribution in [0.25, 0.3) is 0 Å². The summed E-state index contributed by atoms with van der Waals surface area (Å²) in [4.78, 5) is 25.5. The minimum absolute atomic E-state index is 0.162. The molecule has 1 aliphatic heterocycles. The second kappa shape index (κ2) is 3.70. The molecule has 1 fully saturated rings. The number of aromatic amines is 1. The summed E-state index contributed by atoms with van der Waals surface area (Å²) in [5.74, 6) is -0.498. The highest BCUT2D eigenvalue weighted by atomic mass is 35.5. The molecule has 2 amide bonds. The molecule has 0 unspecified atom stereocenters. The standard InChI is InChI=1S/C11H10ClN3O2/c12-6-1-2-7-8(5-6)11(17)15(10(7)16)9-3-4-13-14-9/h1,3-4,7-8H,2,5H2,(H,13,14)/t7-,8+/m1/s1. The molecule has 0 bridgehead atoms. The molecule has 2 aliphatic rings. The predicted molar refractivity (Wildman–Crippen MR) is 61.2 cm³/mol. The van der Waals surface area contributed by atoms with Crippen molar-refractivity contribution in [2.75, 3.05) is 4.90 Å². The number of anilines is 1. The van der Waals surface area contributed by atoms with E-state index in [0.29, 0.717) is 23.7 Å². The number of imide groups is 1. The van der Waals surface area contributed by atoms with Crippen LogP contribution in [0, 0.1) is 11.8 Å². The zero-order chi connectivity index (χ0) is 12.0. The third-order valence-electron chi connectivity index (χ3n) is 3.30. The zero-order valence-corrected chi connectivity index (χ0v) is 9.65. The highest BCUT2D eigenvalue weighted by Gasteiger charge is 2.49. The fourth-order valence-electron chi connectivity index (χ4n) is 2.44. The minimum atomic E-state index is -0.316. The summed E-state index contributed by atoms with van der Waals surface area (Å²) in [5.41, 5.74) is 0. The summed E-state index contributed by atoms with van der Waals surface area (Å²) >= 11 is 5.93. The monoisotopic (exact) mass is 251 g/mol. The summed E-state index contributed by atoms with van der Waals surface area (Å²) in [6.45, 7) is 0. The van der Waals surface area contributed by atoms with E-state index in [4.69, 9.17) is 11.6 Å². The lowest BCUT2D eigenvalue weighted by molar-refractivity contribution is -0.122. The maximum absolute atomic E-state index is 12.2. The number of nitrogens with zero attached hydrogens (tertiary/aromatic N) is 2. The summed E-state index contributed by atoms with van der Waals surface area (Å²) in [7, 11) is 0. The van der Waals surface area contributed by atoms with E-state index in [2.05, 4.69) is 10.2 Å². The van der Waals surface area contributed by atoms with E-state index in [1.807, 2.05) is 6.08 Å². The van der Waals surface area contributed by atoms with Gasteiger partial charge in [0, 0.05) is 11.1 Å². The van der Waals surface area contributed by atoms with Crippen molar-refractivity contribution in [3.63, 3.8) is 0 Å². The molecule has 88 valence electrons. The number of amides is 2. The van der Waals surface area contributed by atoms with Gasteiger partial charge in [0.25, 0.3) is 0 Å². The molecule has 1 aromatic heterocycles. The Hall–Kier alpha value is -1.62. The summed E-state index contributed by atoms with van der Waals surface area (Å²) in [5, 5.41) is 7.07. The Labute approximate surface area is 102 Å². The second-order valence-corrected chi connectivity index (χ2v) is 4.74. The van der Waals surface area contributed by atoms with Crippen LogP contribution in [0.1, 0.15) is 12.8 Å². The van der Waals surface area contributed by atoms with Crippen LogP contribution in [0.3, 0.4) is 0 Å². The Bertz CT molecular complexity index is 509. The van der Waals surface area contributed by atoms with Crippen LogP contribution >= 0.6 is 11.6 Å². The number of aromatic nitrogens is 2. The van der Waals surface area contributed by atoms with Gasteiger partial charge < -0.3 is 0 Å². The predicted octanol–water partition coefficient (Wildman–Crippen LogP) is 1.43. The Morgan fingerprint density at radius 2 is 2.12 bits per heavy atom. The molecule has 0 spiro atoms. The first-order valence-corrected chi connectivity index (χ1v) is 5.78. The van der Waals surface area contributed by atoms with E-state index in [1.54, 1.807) is 6.07 Å². The number of allylic oxidation sites excluding steroid dienone is 2. The van der Waals surface area contributed by atoms with Gasteiger partial charge in [-0.3, -0.25) is 14.7 Å². The number of hydrogen-bond donors (Lipinski definition) is 1.